The second-order valence-electron chi connectivity index (χ2n) is 14.1. The van der Waals surface area contributed by atoms with Gasteiger partial charge in [-0.1, -0.05) is 90.9 Å². The van der Waals surface area contributed by atoms with Crippen molar-refractivity contribution in [1.82, 2.24) is 25.1 Å². The number of anilines is 4. The van der Waals surface area contributed by atoms with Crippen molar-refractivity contribution >= 4 is 38.2 Å². The van der Waals surface area contributed by atoms with Crippen molar-refractivity contribution in [3.8, 4) is 17.2 Å². The average Bonchev–Trinajstić information content (AvgIpc) is 3.59. The van der Waals surface area contributed by atoms with E-state index in [4.69, 9.17) is 0 Å². The summed E-state index contributed by atoms with van der Waals surface area (Å²) in [5.74, 6) is 0.707. The Hall–Kier alpha value is -5.54. The van der Waals surface area contributed by atoms with E-state index in [1.807, 2.05) is 117 Å². The molecule has 278 valence electrons. The van der Waals surface area contributed by atoms with E-state index in [-0.39, 0.29) is 22.9 Å². The van der Waals surface area contributed by atoms with Crippen LogP contribution in [-0.4, -0.2) is 60.3 Å². The van der Waals surface area contributed by atoms with Crippen LogP contribution in [0.15, 0.2) is 102 Å². The minimum absolute atomic E-state index is 0.0654. The van der Waals surface area contributed by atoms with E-state index in [0.717, 1.165) is 48.1 Å². The maximum absolute atomic E-state index is 14.2. The molecule has 11 nitrogen and oxygen atoms in total. The lowest BCUT2D eigenvalue weighted by atomic mass is 10.0. The van der Waals surface area contributed by atoms with Gasteiger partial charge in [-0.05, 0) is 67.2 Å². The number of aryl methyl sites for hydroxylation is 1. The molecule has 2 aromatic heterocycles. The number of rotatable bonds is 16. The fourth-order valence-electron chi connectivity index (χ4n) is 6.14. The summed E-state index contributed by atoms with van der Waals surface area (Å²) in [7, 11) is -1.32. The Kier molecular flexibility index (Phi) is 12.3. The molecule has 3 N–H and O–H groups in total. The molecule has 1 unspecified atom stereocenters. The summed E-state index contributed by atoms with van der Waals surface area (Å²) in [6.07, 6.45) is 12.1. The number of nitriles is 1. The van der Waals surface area contributed by atoms with Crippen LogP contribution in [0.5, 0.6) is 0 Å². The van der Waals surface area contributed by atoms with Gasteiger partial charge in [-0.15, -0.1) is 0 Å². The van der Waals surface area contributed by atoms with Gasteiger partial charge in [0, 0.05) is 53.8 Å². The largest absolute Gasteiger partial charge is 0.354 e. The number of urea groups is 1. The molecule has 0 radical (unpaired) electrons. The molecule has 0 aliphatic carbocycles. The van der Waals surface area contributed by atoms with Crippen molar-refractivity contribution in [1.29, 1.82) is 5.26 Å². The predicted molar refractivity (Wildman–Crippen MR) is 216 cm³/mol. The minimum Gasteiger partial charge on any atom is -0.354 e. The Morgan fingerprint density at radius 3 is 2.34 bits per heavy atom. The van der Waals surface area contributed by atoms with E-state index < -0.39 is 9.07 Å². The summed E-state index contributed by atoms with van der Waals surface area (Å²) in [4.78, 5) is 25.6. The number of hydrogen-bond acceptors (Lipinski definition) is 8. The van der Waals surface area contributed by atoms with Gasteiger partial charge in [0.1, 0.15) is 11.6 Å². The number of nitrogens with zero attached hydrogens (tertiary/aromatic N) is 6. The molecule has 12 heteroatoms. The number of amides is 2. The number of aromatic nitrogens is 4. The topological polar surface area (TPSA) is 141 Å². The Balaban J connectivity index is 1.31. The van der Waals surface area contributed by atoms with Crippen molar-refractivity contribution in [2.75, 3.05) is 34.6 Å². The molecular weight excluding hydrogens is 683 g/mol. The zero-order chi connectivity index (χ0) is 38.0. The zero-order valence-electron chi connectivity index (χ0n) is 31.5. The van der Waals surface area contributed by atoms with Crippen molar-refractivity contribution in [3.05, 3.63) is 109 Å². The fraction of sp³-hybridized carbons (Fsp3) is 0.341. The van der Waals surface area contributed by atoms with Crippen LogP contribution in [0, 0.1) is 11.3 Å². The smallest absolute Gasteiger partial charge is 0.322 e. The Bertz CT molecular complexity index is 2100. The van der Waals surface area contributed by atoms with Crippen LogP contribution >= 0.6 is 0 Å². The second kappa shape index (κ2) is 16.9. The first-order valence-corrected chi connectivity index (χ1v) is 20.9. The molecule has 0 spiro atoms. The van der Waals surface area contributed by atoms with Crippen molar-refractivity contribution in [2.24, 2.45) is 7.05 Å². The van der Waals surface area contributed by atoms with E-state index in [2.05, 4.69) is 44.0 Å². The molecule has 3 aromatic carbocycles. The summed E-state index contributed by atoms with van der Waals surface area (Å²) in [5, 5.41) is 23.8. The molecule has 5 aromatic rings. The standard InChI is InChI=1S/C41H51N9O2S/c1-7-14-35(50(41(51)45-26-31-15-9-8-10-16-31)36-22-20-32(21-23-36)34-28-46-49(4)29-34)17-13-24-43-40-44-27-33(25-42)39(48-40)47-37-18-11-12-19-38(37)53(5,6,52)30(2)3/h8-12,15-16,18-23,27-30,35H,7,13-14,17,24,26H2,1-6H3,(H,45,51)(H2,43,44,47,48). The van der Waals surface area contributed by atoms with Crippen LogP contribution in [0.1, 0.15) is 57.6 Å². The molecule has 0 bridgehead atoms. The molecule has 5 rings (SSSR count). The monoisotopic (exact) mass is 733 g/mol. The molecule has 2 amide bonds. The summed E-state index contributed by atoms with van der Waals surface area (Å²) < 4.78 is 15.9. The summed E-state index contributed by atoms with van der Waals surface area (Å²) in [5.41, 5.74) is 4.81. The van der Waals surface area contributed by atoms with E-state index >= 15 is 0 Å². The van der Waals surface area contributed by atoms with Gasteiger partial charge in [0.05, 0.1) is 18.1 Å². The third kappa shape index (κ3) is 9.47. The lowest BCUT2D eigenvalue weighted by molar-refractivity contribution is 0.242. The SMILES string of the molecule is CCCC(CCCNc1ncc(C#N)c(Nc2ccccc2S(C)(C)(=O)C(C)C)n1)N(C(=O)NCc1ccccc1)c1ccc(-c2cnn(C)c2)cc1. The second-order valence-corrected chi connectivity index (χ2v) is 19.4. The highest BCUT2D eigenvalue weighted by Gasteiger charge is 2.34. The maximum Gasteiger partial charge on any atom is 0.322 e. The van der Waals surface area contributed by atoms with E-state index in [0.29, 0.717) is 35.4 Å². The maximum atomic E-state index is 14.2. The molecule has 0 fully saturated rings. The van der Waals surface area contributed by atoms with Gasteiger partial charge in [0.25, 0.3) is 0 Å². The van der Waals surface area contributed by atoms with Gasteiger partial charge in [-0.2, -0.15) is 15.3 Å². The van der Waals surface area contributed by atoms with Gasteiger partial charge in [-0.25, -0.2) is 9.78 Å². The van der Waals surface area contributed by atoms with Crippen molar-refractivity contribution in [3.63, 3.8) is 0 Å². The van der Waals surface area contributed by atoms with Crippen molar-refractivity contribution < 1.29 is 9.00 Å². The van der Waals surface area contributed by atoms with E-state index in [1.165, 1.54) is 6.20 Å². The Morgan fingerprint density at radius 2 is 1.68 bits per heavy atom. The molecular formula is C41H51N9O2S. The van der Waals surface area contributed by atoms with E-state index in [1.54, 1.807) is 17.2 Å². The number of para-hydroxylation sites is 1. The number of hydrogen-bond donors (Lipinski definition) is 3. The first kappa shape index (κ1) is 38.7. The van der Waals surface area contributed by atoms with Crippen LogP contribution in [0.2, 0.25) is 0 Å². The fourth-order valence-corrected chi connectivity index (χ4v) is 7.91. The molecule has 0 aliphatic rings. The third-order valence-corrected chi connectivity index (χ3v) is 14.2. The molecule has 0 aliphatic heterocycles. The molecule has 1 atom stereocenters. The lowest BCUT2D eigenvalue weighted by Gasteiger charge is -2.40. The highest BCUT2D eigenvalue weighted by molar-refractivity contribution is 8.19. The lowest BCUT2D eigenvalue weighted by Crippen LogP contribution is -2.46. The molecule has 0 saturated carbocycles. The van der Waals surface area contributed by atoms with E-state index in [9.17, 15) is 14.3 Å². The van der Waals surface area contributed by atoms with Crippen LogP contribution in [0.25, 0.3) is 11.1 Å². The van der Waals surface area contributed by atoms with Crippen LogP contribution in [-0.2, 0) is 22.7 Å². The van der Waals surface area contributed by atoms with Gasteiger partial charge < -0.3 is 16.0 Å². The summed E-state index contributed by atoms with van der Waals surface area (Å²) in [6, 6.07) is 27.4. The van der Waals surface area contributed by atoms with Crippen LogP contribution < -0.4 is 20.9 Å². The Morgan fingerprint density at radius 1 is 0.962 bits per heavy atom. The van der Waals surface area contributed by atoms with Gasteiger partial charge in [-0.3, -0.25) is 13.8 Å². The Labute approximate surface area is 313 Å². The average molecular weight is 734 g/mol. The number of nitrogens with one attached hydrogen (secondary N) is 3. The quantitative estimate of drug-likeness (QED) is 0.0864. The molecule has 2 heterocycles. The zero-order valence-corrected chi connectivity index (χ0v) is 32.4. The number of carbonyl (C=O) groups excluding carboxylic acids is 1. The molecule has 0 saturated heterocycles. The first-order valence-electron chi connectivity index (χ1n) is 18.1. The highest BCUT2D eigenvalue weighted by atomic mass is 32.3. The normalized spacial score (nSPS) is 12.7. The third-order valence-electron chi connectivity index (χ3n) is 9.75. The van der Waals surface area contributed by atoms with Crippen LogP contribution in [0.3, 0.4) is 0 Å². The van der Waals surface area contributed by atoms with Crippen LogP contribution in [0.4, 0.5) is 27.9 Å². The van der Waals surface area contributed by atoms with Gasteiger partial charge in [0.15, 0.2) is 5.82 Å². The summed E-state index contributed by atoms with van der Waals surface area (Å²) in [6.45, 7) is 7.02. The number of carbonyl (C=O) groups is 1. The first-order chi connectivity index (χ1) is 25.4. The summed E-state index contributed by atoms with van der Waals surface area (Å²) >= 11 is 0. The molecule has 53 heavy (non-hydrogen) atoms. The highest BCUT2D eigenvalue weighted by Crippen LogP contribution is 2.40. The van der Waals surface area contributed by atoms with Gasteiger partial charge in [0.2, 0.25) is 5.95 Å². The number of benzene rings is 3. The van der Waals surface area contributed by atoms with Gasteiger partial charge >= 0.3 is 6.03 Å². The predicted octanol–water partition coefficient (Wildman–Crippen LogP) is 8.12. The minimum atomic E-state index is -3.21. The van der Waals surface area contributed by atoms with Crippen molar-refractivity contribution in [2.45, 2.75) is 69.2 Å².